The molecular weight excluding hydrogens is 635 g/mol. The van der Waals surface area contributed by atoms with Gasteiger partial charge in [-0.05, 0) is 84.6 Å². The number of hydrogen-bond acceptors (Lipinski definition) is 5. The quantitative estimate of drug-likeness (QED) is 0.188. The van der Waals surface area contributed by atoms with Gasteiger partial charge in [0.2, 0.25) is 0 Å². The second kappa shape index (κ2) is 11.2. The van der Waals surface area contributed by atoms with Crippen molar-refractivity contribution in [3.05, 3.63) is 195 Å². The summed E-state index contributed by atoms with van der Waals surface area (Å²) in [6.45, 7) is 0. The smallest absolute Gasteiger partial charge is 0.174 e. The average molecular weight is 662 g/mol. The van der Waals surface area contributed by atoms with Crippen LogP contribution >= 0.6 is 22.7 Å². The lowest BCUT2D eigenvalue weighted by molar-refractivity contribution is 0.766. The summed E-state index contributed by atoms with van der Waals surface area (Å²) >= 11 is 3.28. The number of fused-ring (bicyclic) bond motifs is 9. The van der Waals surface area contributed by atoms with E-state index < -0.39 is 5.41 Å². The Morgan fingerprint density at radius 3 is 1.43 bits per heavy atom. The lowest BCUT2D eigenvalue weighted by Gasteiger charge is -2.35. The zero-order valence-corrected chi connectivity index (χ0v) is 27.9. The zero-order chi connectivity index (χ0) is 32.4. The average Bonchev–Trinajstić information content (AvgIpc) is 3.94. The number of nitrogens with zero attached hydrogens (tertiary/aromatic N) is 3. The Morgan fingerprint density at radius 2 is 0.857 bits per heavy atom. The molecule has 0 unspecified atom stereocenters. The Bertz CT molecular complexity index is 2450. The highest BCUT2D eigenvalue weighted by Gasteiger charge is 2.48. The largest absolute Gasteiger partial charge is 0.207 e. The Morgan fingerprint density at radius 1 is 0.388 bits per heavy atom. The molecule has 0 saturated carbocycles. The van der Waals surface area contributed by atoms with Crippen molar-refractivity contribution in [2.75, 3.05) is 0 Å². The van der Waals surface area contributed by atoms with E-state index >= 15 is 0 Å². The third-order valence-corrected chi connectivity index (χ3v) is 11.5. The fourth-order valence-corrected chi connectivity index (χ4v) is 9.09. The van der Waals surface area contributed by atoms with E-state index in [-0.39, 0.29) is 0 Å². The molecule has 3 heterocycles. The molecule has 49 heavy (non-hydrogen) atoms. The van der Waals surface area contributed by atoms with Gasteiger partial charge < -0.3 is 0 Å². The van der Waals surface area contributed by atoms with Gasteiger partial charge in [-0.1, -0.05) is 133 Å². The van der Waals surface area contributed by atoms with Crippen LogP contribution in [-0.4, -0.2) is 15.0 Å². The molecule has 0 aliphatic heterocycles. The van der Waals surface area contributed by atoms with E-state index in [4.69, 9.17) is 15.0 Å². The summed E-state index contributed by atoms with van der Waals surface area (Å²) in [5.74, 6) is 2.07. The van der Waals surface area contributed by atoms with Crippen molar-refractivity contribution in [1.29, 1.82) is 0 Å². The zero-order valence-electron chi connectivity index (χ0n) is 26.2. The molecule has 0 atom stereocenters. The minimum Gasteiger partial charge on any atom is -0.207 e. The SMILES string of the molecule is C1=C(c2ccc(-c3nc(-c4cccs4)nc(-c4cccs4)n3)cc2)c2ccccc2C2(c3ccccc31)c1ccccc1-c1ccccc12. The molecule has 230 valence electrons. The Labute approximate surface area is 292 Å². The molecule has 0 amide bonds. The van der Waals surface area contributed by atoms with Gasteiger partial charge >= 0.3 is 0 Å². The molecule has 0 N–H and O–H groups in total. The Kier molecular flexibility index (Phi) is 6.44. The molecule has 10 rings (SSSR count). The molecule has 1 spiro atoms. The van der Waals surface area contributed by atoms with E-state index in [0.717, 1.165) is 20.9 Å². The van der Waals surface area contributed by atoms with E-state index in [1.807, 2.05) is 12.1 Å². The predicted octanol–water partition coefficient (Wildman–Crippen LogP) is 11.3. The van der Waals surface area contributed by atoms with Crippen molar-refractivity contribution >= 4 is 34.3 Å². The van der Waals surface area contributed by atoms with Crippen LogP contribution in [0.15, 0.2) is 156 Å². The van der Waals surface area contributed by atoms with Crippen LogP contribution in [0.4, 0.5) is 0 Å². The fourth-order valence-electron chi connectivity index (χ4n) is 7.78. The van der Waals surface area contributed by atoms with Crippen LogP contribution in [0.5, 0.6) is 0 Å². The van der Waals surface area contributed by atoms with Gasteiger partial charge in [0.1, 0.15) is 0 Å². The maximum atomic E-state index is 4.95. The fraction of sp³-hybridized carbons (Fsp3) is 0.0227. The summed E-state index contributed by atoms with van der Waals surface area (Å²) in [6.07, 6.45) is 2.38. The molecule has 0 fully saturated rings. The van der Waals surface area contributed by atoms with Gasteiger partial charge in [0.05, 0.1) is 15.2 Å². The second-order valence-corrected chi connectivity index (χ2v) is 14.3. The van der Waals surface area contributed by atoms with Crippen LogP contribution in [-0.2, 0) is 5.41 Å². The van der Waals surface area contributed by atoms with Gasteiger partial charge in [0.15, 0.2) is 17.5 Å². The summed E-state index contributed by atoms with van der Waals surface area (Å²) in [4.78, 5) is 16.8. The van der Waals surface area contributed by atoms with Crippen LogP contribution in [0.2, 0.25) is 0 Å². The normalized spacial score (nSPS) is 13.6. The van der Waals surface area contributed by atoms with Crippen LogP contribution in [0, 0.1) is 0 Å². The van der Waals surface area contributed by atoms with E-state index in [1.165, 1.54) is 50.1 Å². The van der Waals surface area contributed by atoms with Crippen LogP contribution < -0.4 is 0 Å². The first-order valence-electron chi connectivity index (χ1n) is 16.3. The van der Waals surface area contributed by atoms with Gasteiger partial charge in [-0.2, -0.15) is 0 Å². The van der Waals surface area contributed by atoms with Crippen molar-refractivity contribution in [3.63, 3.8) is 0 Å². The topological polar surface area (TPSA) is 38.7 Å². The number of thiophene rings is 2. The number of aromatic nitrogens is 3. The molecule has 5 heteroatoms. The third-order valence-electron chi connectivity index (χ3n) is 9.81. The summed E-state index contributed by atoms with van der Waals surface area (Å²) in [5, 5.41) is 4.11. The Balaban J connectivity index is 1.15. The van der Waals surface area contributed by atoms with Crippen molar-refractivity contribution in [2.45, 2.75) is 5.41 Å². The number of hydrogen-bond donors (Lipinski definition) is 0. The highest BCUT2D eigenvalue weighted by atomic mass is 32.1. The van der Waals surface area contributed by atoms with Gasteiger partial charge in [-0.15, -0.1) is 22.7 Å². The monoisotopic (exact) mass is 661 g/mol. The summed E-state index contributed by atoms with van der Waals surface area (Å²) in [5.41, 5.74) is 13.2. The molecule has 2 aliphatic rings. The van der Waals surface area contributed by atoms with Crippen LogP contribution in [0.3, 0.4) is 0 Å². The maximum absolute atomic E-state index is 4.95. The minimum absolute atomic E-state index is 0.445. The number of rotatable bonds is 4. The number of benzene rings is 5. The second-order valence-electron chi connectivity index (χ2n) is 12.4. The van der Waals surface area contributed by atoms with Crippen molar-refractivity contribution in [3.8, 4) is 43.9 Å². The molecule has 0 saturated heterocycles. The highest BCUT2D eigenvalue weighted by molar-refractivity contribution is 7.13. The lowest BCUT2D eigenvalue weighted by atomic mass is 9.66. The van der Waals surface area contributed by atoms with Crippen molar-refractivity contribution in [1.82, 2.24) is 15.0 Å². The standard InChI is InChI=1S/C44H27N3S2/c1-5-15-35-30(11-1)27-34(33-14-4-8-18-38(33)44(35)36-16-6-2-12-31(36)32-13-3-7-17-37(32)44)28-21-23-29(24-22-28)41-45-42(39-19-9-25-48-39)47-43(46-41)40-20-10-26-49-40/h1-27H. The highest BCUT2D eigenvalue weighted by Crippen LogP contribution is 2.59. The van der Waals surface area contributed by atoms with Gasteiger partial charge in [-0.3, -0.25) is 0 Å². The van der Waals surface area contributed by atoms with E-state index in [9.17, 15) is 0 Å². The van der Waals surface area contributed by atoms with Crippen molar-refractivity contribution in [2.24, 2.45) is 0 Å². The minimum atomic E-state index is -0.445. The summed E-state index contributed by atoms with van der Waals surface area (Å²) in [6, 6.07) is 52.7. The van der Waals surface area contributed by atoms with Crippen molar-refractivity contribution < 1.29 is 0 Å². The predicted molar refractivity (Wildman–Crippen MR) is 203 cm³/mol. The first-order valence-corrected chi connectivity index (χ1v) is 18.1. The maximum Gasteiger partial charge on any atom is 0.174 e. The molecule has 2 aliphatic carbocycles. The summed E-state index contributed by atoms with van der Waals surface area (Å²) in [7, 11) is 0. The Hall–Kier alpha value is -5.75. The molecule has 3 nitrogen and oxygen atoms in total. The molecule has 5 aromatic carbocycles. The van der Waals surface area contributed by atoms with E-state index in [0.29, 0.717) is 17.5 Å². The van der Waals surface area contributed by atoms with Gasteiger partial charge in [0, 0.05) is 5.56 Å². The van der Waals surface area contributed by atoms with Crippen LogP contribution in [0.25, 0.3) is 55.6 Å². The molecule has 0 bridgehead atoms. The molecule has 0 radical (unpaired) electrons. The van der Waals surface area contributed by atoms with Gasteiger partial charge in [-0.25, -0.2) is 15.0 Å². The lowest BCUT2D eigenvalue weighted by Crippen LogP contribution is -2.30. The van der Waals surface area contributed by atoms with E-state index in [1.54, 1.807) is 22.7 Å². The molecule has 3 aromatic heterocycles. The van der Waals surface area contributed by atoms with Crippen LogP contribution in [0.1, 0.15) is 38.9 Å². The third kappa shape index (κ3) is 4.29. The van der Waals surface area contributed by atoms with Gasteiger partial charge in [0.25, 0.3) is 0 Å². The first-order chi connectivity index (χ1) is 24.3. The summed E-state index contributed by atoms with van der Waals surface area (Å²) < 4.78 is 0. The molecular formula is C44H27N3S2. The molecule has 8 aromatic rings. The first kappa shape index (κ1) is 28.3. The van der Waals surface area contributed by atoms with E-state index in [2.05, 4.69) is 150 Å².